The SMILES string of the molecule is CCCCC/C=C\CC(C(C)=O)C(C=O)/C=C/C(O)CCCC(=O)OC[C@H](CO[P+]([O-])(O)OCC[N+](C)(C)C)OC(=O)CCCC(O)/C=C/C(C=O)C(C/C=C\CCCCC)C(C)=O. The third-order valence-corrected chi connectivity index (χ3v) is 11.4. The second kappa shape index (κ2) is 35.9. The number of quaternary nitrogens is 1. The number of ketones is 2. The van der Waals surface area contributed by atoms with Gasteiger partial charge in [-0.2, -0.15) is 13.9 Å². The van der Waals surface area contributed by atoms with E-state index in [1.807, 2.05) is 45.4 Å². The van der Waals surface area contributed by atoms with Gasteiger partial charge in [0.05, 0.1) is 33.4 Å². The summed E-state index contributed by atoms with van der Waals surface area (Å²) in [5.74, 6) is -4.30. The van der Waals surface area contributed by atoms with E-state index in [9.17, 15) is 48.8 Å². The molecule has 0 aliphatic carbocycles. The van der Waals surface area contributed by atoms with Gasteiger partial charge in [0, 0.05) is 36.5 Å². The lowest BCUT2D eigenvalue weighted by Gasteiger charge is -2.26. The number of nitrogens with zero attached hydrogens (tertiary/aromatic N) is 1. The summed E-state index contributed by atoms with van der Waals surface area (Å²) in [7, 11) is 1.03. The van der Waals surface area contributed by atoms with Crippen molar-refractivity contribution < 1.29 is 71.8 Å². The number of hydrogen-bond acceptors (Lipinski definition) is 14. The molecule has 0 saturated heterocycles. The molecule has 0 heterocycles. The third-order valence-electron chi connectivity index (χ3n) is 10.4. The van der Waals surface area contributed by atoms with Crippen LogP contribution in [0.25, 0.3) is 0 Å². The number of likely N-dealkylation sites (N-methyl/N-ethyl adjacent to an activating group) is 1. The number of aliphatic hydroxyl groups excluding tert-OH is 2. The van der Waals surface area contributed by atoms with Crippen LogP contribution in [0.1, 0.15) is 130 Å². The van der Waals surface area contributed by atoms with Gasteiger partial charge in [0.1, 0.15) is 50.5 Å². The average molecular weight is 927 g/mol. The predicted octanol–water partition coefficient (Wildman–Crippen LogP) is 6.48. The molecule has 0 aromatic carbocycles. The van der Waals surface area contributed by atoms with Gasteiger partial charge in [0.25, 0.3) is 0 Å². The third kappa shape index (κ3) is 32.4. The number of allylic oxidation sites excluding steroid dienone is 6. The Labute approximate surface area is 383 Å². The number of phosphoric acid groups is 1. The highest BCUT2D eigenvalue weighted by molar-refractivity contribution is 7.52. The van der Waals surface area contributed by atoms with Crippen molar-refractivity contribution in [3.8, 4) is 0 Å². The molecule has 0 radical (unpaired) electrons. The molecular weight excluding hydrogens is 845 g/mol. The number of hydrogen-bond donors (Lipinski definition) is 3. The highest BCUT2D eigenvalue weighted by atomic mass is 31.2. The molecule has 0 aromatic heterocycles. The fourth-order valence-corrected chi connectivity index (χ4v) is 7.10. The number of unbranched alkanes of at least 4 members (excludes halogenated alkanes) is 6. The number of carbonyl (C=O) groups excluding carboxylic acids is 6. The summed E-state index contributed by atoms with van der Waals surface area (Å²) < 4.78 is 21.3. The van der Waals surface area contributed by atoms with Gasteiger partial charge < -0.3 is 38.7 Å². The molecule has 0 bridgehead atoms. The molecule has 0 spiro atoms. The number of Topliss-reactive ketones (excluding diaryl/α,β-unsaturated/α-hetero) is 2. The molecule has 0 aliphatic heterocycles. The van der Waals surface area contributed by atoms with Crippen LogP contribution in [0.2, 0.25) is 0 Å². The molecular formula is C48H81NO14P+. The Hall–Kier alpha value is -3.27. The molecule has 3 N–H and O–H groups in total. The second-order valence-corrected chi connectivity index (χ2v) is 18.8. The summed E-state index contributed by atoms with van der Waals surface area (Å²) >= 11 is 0. The monoisotopic (exact) mass is 927 g/mol. The zero-order chi connectivity index (χ0) is 48.4. The number of carbonyl (C=O) groups is 6. The quantitative estimate of drug-likeness (QED) is 0.0150. The lowest BCUT2D eigenvalue weighted by Crippen LogP contribution is -2.38. The van der Waals surface area contributed by atoms with E-state index in [1.54, 1.807) is 0 Å². The lowest BCUT2D eigenvalue weighted by molar-refractivity contribution is -0.870. The topological polar surface area (TPSA) is 223 Å². The number of aldehydes is 2. The first-order valence-electron chi connectivity index (χ1n) is 23.0. The highest BCUT2D eigenvalue weighted by Gasteiger charge is 2.32. The molecule has 0 rings (SSSR count). The number of aliphatic hydroxyl groups is 2. The Morgan fingerprint density at radius 2 is 1.12 bits per heavy atom. The van der Waals surface area contributed by atoms with Crippen LogP contribution in [0.5, 0.6) is 0 Å². The summed E-state index contributed by atoms with van der Waals surface area (Å²) in [5, 5.41) is 21.1. The summed E-state index contributed by atoms with van der Waals surface area (Å²) in [4.78, 5) is 96.7. The van der Waals surface area contributed by atoms with Crippen LogP contribution in [-0.4, -0.2) is 121 Å². The summed E-state index contributed by atoms with van der Waals surface area (Å²) in [6.07, 6.45) is 21.2. The van der Waals surface area contributed by atoms with Crippen LogP contribution in [0.4, 0.5) is 0 Å². The van der Waals surface area contributed by atoms with Gasteiger partial charge in [-0.3, -0.25) is 19.2 Å². The minimum atomic E-state index is -4.58. The van der Waals surface area contributed by atoms with E-state index in [-0.39, 0.29) is 56.7 Å². The van der Waals surface area contributed by atoms with Crippen molar-refractivity contribution in [3.63, 3.8) is 0 Å². The van der Waals surface area contributed by atoms with Gasteiger partial charge in [-0.1, -0.05) is 88.1 Å². The van der Waals surface area contributed by atoms with Crippen LogP contribution in [-0.2, 0) is 47.3 Å². The first-order chi connectivity index (χ1) is 30.3. The van der Waals surface area contributed by atoms with Gasteiger partial charge in [0.2, 0.25) is 0 Å². The van der Waals surface area contributed by atoms with Crippen LogP contribution in [0, 0.1) is 23.7 Å². The zero-order valence-electron chi connectivity index (χ0n) is 39.7. The Balaban J connectivity index is 5.35. The molecule has 8 atom stereocenters. The van der Waals surface area contributed by atoms with E-state index in [0.29, 0.717) is 36.4 Å². The van der Waals surface area contributed by atoms with Crippen molar-refractivity contribution in [2.75, 3.05) is 47.5 Å². The molecule has 64 heavy (non-hydrogen) atoms. The van der Waals surface area contributed by atoms with Crippen molar-refractivity contribution in [2.24, 2.45) is 23.7 Å². The van der Waals surface area contributed by atoms with Crippen LogP contribution >= 0.6 is 8.17 Å². The minimum Gasteiger partial charge on any atom is -0.606 e. The molecule has 0 amide bonds. The van der Waals surface area contributed by atoms with Crippen molar-refractivity contribution in [1.82, 2.24) is 0 Å². The normalized spacial score (nSPS) is 16.6. The first-order valence-corrected chi connectivity index (χ1v) is 24.5. The molecule has 15 nitrogen and oxygen atoms in total. The fourth-order valence-electron chi connectivity index (χ4n) is 6.36. The van der Waals surface area contributed by atoms with E-state index in [2.05, 4.69) is 13.8 Å². The van der Waals surface area contributed by atoms with Gasteiger partial charge in [-0.05, 0) is 78.1 Å². The zero-order valence-corrected chi connectivity index (χ0v) is 40.6. The molecule has 0 aromatic rings. The average Bonchev–Trinajstić information content (AvgIpc) is 3.22. The Kier molecular flexibility index (Phi) is 34.1. The first kappa shape index (κ1) is 60.7. The molecule has 7 unspecified atom stereocenters. The lowest BCUT2D eigenvalue weighted by atomic mass is 9.86. The minimum absolute atomic E-state index is 0.0998. The van der Waals surface area contributed by atoms with Crippen LogP contribution < -0.4 is 4.89 Å². The maximum atomic E-state index is 12.9. The van der Waals surface area contributed by atoms with Crippen molar-refractivity contribution in [2.45, 2.75) is 149 Å². The van der Waals surface area contributed by atoms with Crippen molar-refractivity contribution in [3.05, 3.63) is 48.6 Å². The summed E-state index contributed by atoms with van der Waals surface area (Å²) in [5.41, 5.74) is 0. The number of esters is 2. The van der Waals surface area contributed by atoms with Crippen molar-refractivity contribution >= 4 is 44.2 Å². The Morgan fingerprint density at radius 3 is 1.55 bits per heavy atom. The van der Waals surface area contributed by atoms with Crippen molar-refractivity contribution in [1.29, 1.82) is 0 Å². The molecule has 0 fully saturated rings. The standard InChI is InChI=1S/C48H80NO14P/c1-8-10-12-14-16-18-24-45(38(3)52)40(34-50)28-30-42(54)22-20-26-47(56)60-36-44(37-62-64(58,59)61-33-32-49(5,6)7)63-48(57)27-21-23-43(55)31-29-41(35-51)46(39(4)53)25-19-17-15-13-11-9-2/h16-19,28-31,34-35,40-46,54-55H,8-15,20-27,32-33,36-37H2,1-7H3/p+1/b18-16-,19-17-,30-28+,31-29+/t40?,41?,42?,43?,44-,45?,46?/m1/s1. The van der Waals surface area contributed by atoms with Gasteiger partial charge in [-0.15, -0.1) is 0 Å². The second-order valence-electron chi connectivity index (χ2n) is 17.4. The number of ether oxygens (including phenoxy) is 2. The smallest absolute Gasteiger partial charge is 0.377 e. The summed E-state index contributed by atoms with van der Waals surface area (Å²) in [6, 6.07) is 0. The van der Waals surface area contributed by atoms with Gasteiger partial charge in [0.15, 0.2) is 6.10 Å². The maximum Gasteiger partial charge on any atom is 0.377 e. The van der Waals surface area contributed by atoms with Gasteiger partial charge in [-0.25, -0.2) is 0 Å². The van der Waals surface area contributed by atoms with Crippen LogP contribution in [0.3, 0.4) is 0 Å². The molecule has 0 saturated carbocycles. The van der Waals surface area contributed by atoms with E-state index in [4.69, 9.17) is 18.5 Å². The fraction of sp³-hybridized carbons (Fsp3) is 0.708. The van der Waals surface area contributed by atoms with E-state index in [0.717, 1.165) is 51.4 Å². The Bertz CT molecular complexity index is 1460. The molecule has 0 aliphatic rings. The molecule has 16 heteroatoms. The largest absolute Gasteiger partial charge is 0.606 e. The Morgan fingerprint density at radius 1 is 0.656 bits per heavy atom. The van der Waals surface area contributed by atoms with Crippen LogP contribution in [0.15, 0.2) is 48.6 Å². The number of rotatable bonds is 40. The maximum absolute atomic E-state index is 12.9. The molecule has 366 valence electrons. The summed E-state index contributed by atoms with van der Waals surface area (Å²) in [6.45, 7) is 6.25. The highest BCUT2D eigenvalue weighted by Crippen LogP contribution is 2.47. The number of phosphoric ester groups is 1. The van der Waals surface area contributed by atoms with E-state index >= 15 is 0 Å². The van der Waals surface area contributed by atoms with Gasteiger partial charge >= 0.3 is 20.1 Å². The predicted molar refractivity (Wildman–Crippen MR) is 246 cm³/mol. The van der Waals surface area contributed by atoms with E-state index in [1.165, 1.54) is 38.2 Å². The van der Waals surface area contributed by atoms with E-state index < -0.39 is 75.3 Å².